The zero-order chi connectivity index (χ0) is 10.0. The Morgan fingerprint density at radius 1 is 1.62 bits per heavy atom. The minimum atomic E-state index is -0.501. The second-order valence-corrected chi connectivity index (χ2v) is 3.01. The topological polar surface area (TPSA) is 66.9 Å². The Labute approximate surface area is 80.4 Å². The maximum absolute atomic E-state index is 10.5. The number of thiol groups is 1. The number of hydrogen-bond acceptors (Lipinski definition) is 4. The van der Waals surface area contributed by atoms with E-state index in [1.54, 1.807) is 6.92 Å². The number of benzene rings is 1. The third kappa shape index (κ3) is 1.79. The lowest BCUT2D eigenvalue weighted by Crippen LogP contribution is -1.94. The highest BCUT2D eigenvalue weighted by molar-refractivity contribution is 7.80. The first-order valence-electron chi connectivity index (χ1n) is 3.44. The van der Waals surface area contributed by atoms with Gasteiger partial charge in [0.25, 0.3) is 5.69 Å². The van der Waals surface area contributed by atoms with E-state index in [1.807, 2.05) is 6.07 Å². The van der Waals surface area contributed by atoms with Crippen molar-refractivity contribution in [2.24, 2.45) is 0 Å². The largest absolute Gasteiger partial charge is 0.285 e. The van der Waals surface area contributed by atoms with Crippen LogP contribution in [0, 0.1) is 28.4 Å². The van der Waals surface area contributed by atoms with Gasteiger partial charge in [-0.1, -0.05) is 0 Å². The number of hydrogen-bond donors (Lipinski definition) is 1. The molecule has 13 heavy (non-hydrogen) atoms. The number of nitrogens with zero attached hydrogens (tertiary/aromatic N) is 2. The molecule has 0 amide bonds. The van der Waals surface area contributed by atoms with Crippen molar-refractivity contribution in [1.29, 1.82) is 5.26 Å². The Morgan fingerprint density at radius 3 is 2.62 bits per heavy atom. The Hall–Kier alpha value is -1.54. The van der Waals surface area contributed by atoms with Crippen LogP contribution in [0.2, 0.25) is 0 Å². The van der Waals surface area contributed by atoms with Gasteiger partial charge in [-0.25, -0.2) is 0 Å². The summed E-state index contributed by atoms with van der Waals surface area (Å²) in [5, 5.41) is 19.1. The van der Waals surface area contributed by atoms with Crippen molar-refractivity contribution in [2.45, 2.75) is 11.8 Å². The zero-order valence-corrected chi connectivity index (χ0v) is 7.71. The summed E-state index contributed by atoms with van der Waals surface area (Å²) in [6.07, 6.45) is 0. The van der Waals surface area contributed by atoms with Gasteiger partial charge in [-0.15, -0.1) is 12.6 Å². The van der Waals surface area contributed by atoms with Gasteiger partial charge in [0.2, 0.25) is 0 Å². The zero-order valence-electron chi connectivity index (χ0n) is 6.81. The predicted molar refractivity (Wildman–Crippen MR) is 49.8 cm³/mol. The first-order valence-corrected chi connectivity index (χ1v) is 3.89. The highest BCUT2D eigenvalue weighted by Gasteiger charge is 2.15. The summed E-state index contributed by atoms with van der Waals surface area (Å²) >= 11 is 3.94. The lowest BCUT2D eigenvalue weighted by Gasteiger charge is -2.00. The lowest BCUT2D eigenvalue weighted by molar-refractivity contribution is -0.388. The molecule has 0 atom stereocenters. The smallest absolute Gasteiger partial charge is 0.258 e. The minimum Gasteiger partial charge on any atom is -0.258 e. The summed E-state index contributed by atoms with van der Waals surface area (Å²) < 4.78 is 0. The molecule has 4 nitrogen and oxygen atoms in total. The number of nitro groups is 1. The molecule has 0 unspecified atom stereocenters. The van der Waals surface area contributed by atoms with Gasteiger partial charge in [-0.05, 0) is 19.1 Å². The molecular formula is C8H6N2O2S. The molecule has 1 aromatic rings. The fraction of sp³-hybridized carbons (Fsp3) is 0.125. The van der Waals surface area contributed by atoms with Gasteiger partial charge < -0.3 is 0 Å². The highest BCUT2D eigenvalue weighted by atomic mass is 32.1. The summed E-state index contributed by atoms with van der Waals surface area (Å²) in [7, 11) is 0. The van der Waals surface area contributed by atoms with Gasteiger partial charge in [0, 0.05) is 5.56 Å². The first kappa shape index (κ1) is 9.55. The summed E-state index contributed by atoms with van der Waals surface area (Å²) in [4.78, 5) is 10.2. The quantitative estimate of drug-likeness (QED) is 0.422. The molecule has 1 rings (SSSR count). The van der Waals surface area contributed by atoms with E-state index in [2.05, 4.69) is 12.6 Å². The van der Waals surface area contributed by atoms with E-state index in [9.17, 15) is 10.1 Å². The molecule has 0 saturated carbocycles. The van der Waals surface area contributed by atoms with Crippen LogP contribution < -0.4 is 0 Å². The van der Waals surface area contributed by atoms with Gasteiger partial charge in [-0.2, -0.15) is 5.26 Å². The van der Waals surface area contributed by atoms with E-state index in [-0.39, 0.29) is 10.6 Å². The molecule has 0 aliphatic rings. The van der Waals surface area contributed by atoms with Crippen LogP contribution in [0.5, 0.6) is 0 Å². The van der Waals surface area contributed by atoms with Crippen molar-refractivity contribution >= 4 is 18.3 Å². The molecule has 0 aromatic heterocycles. The van der Waals surface area contributed by atoms with E-state index in [0.717, 1.165) is 0 Å². The lowest BCUT2D eigenvalue weighted by atomic mass is 10.1. The molecule has 0 spiro atoms. The molecular weight excluding hydrogens is 188 g/mol. The first-order chi connectivity index (χ1) is 6.06. The molecule has 0 saturated heterocycles. The van der Waals surface area contributed by atoms with Gasteiger partial charge in [0.05, 0.1) is 21.5 Å². The van der Waals surface area contributed by atoms with Gasteiger partial charge in [-0.3, -0.25) is 10.1 Å². The fourth-order valence-electron chi connectivity index (χ4n) is 1.06. The summed E-state index contributed by atoms with van der Waals surface area (Å²) in [5.41, 5.74) is 0.796. The molecule has 0 bridgehead atoms. The van der Waals surface area contributed by atoms with Crippen LogP contribution in [0.1, 0.15) is 11.1 Å². The predicted octanol–water partition coefficient (Wildman–Crippen LogP) is 2.06. The van der Waals surface area contributed by atoms with Crippen LogP contribution >= 0.6 is 12.6 Å². The minimum absolute atomic E-state index is 0.0395. The number of rotatable bonds is 1. The summed E-state index contributed by atoms with van der Waals surface area (Å²) in [6.45, 7) is 1.58. The third-order valence-corrected chi connectivity index (χ3v) is 1.93. The monoisotopic (exact) mass is 194 g/mol. The van der Waals surface area contributed by atoms with Crippen molar-refractivity contribution in [3.05, 3.63) is 33.4 Å². The molecule has 0 radical (unpaired) electrons. The number of aryl methyl sites for hydroxylation is 1. The molecule has 5 heteroatoms. The van der Waals surface area contributed by atoms with Crippen molar-refractivity contribution in [3.63, 3.8) is 0 Å². The molecule has 1 aromatic carbocycles. The van der Waals surface area contributed by atoms with Gasteiger partial charge >= 0.3 is 0 Å². The van der Waals surface area contributed by atoms with Crippen LogP contribution in [0.15, 0.2) is 17.0 Å². The number of nitriles is 1. The summed E-state index contributed by atoms with van der Waals surface area (Å²) in [6, 6.07) is 4.76. The Balaban J connectivity index is 3.42. The van der Waals surface area contributed by atoms with Crippen molar-refractivity contribution in [1.82, 2.24) is 0 Å². The van der Waals surface area contributed by atoms with Crippen molar-refractivity contribution < 1.29 is 4.92 Å². The molecule has 0 fully saturated rings. The second-order valence-electron chi connectivity index (χ2n) is 2.53. The van der Waals surface area contributed by atoms with E-state index >= 15 is 0 Å². The Kier molecular flexibility index (Phi) is 2.54. The molecule has 66 valence electrons. The average Bonchev–Trinajstić information content (AvgIpc) is 2.02. The van der Waals surface area contributed by atoms with Crippen molar-refractivity contribution in [2.75, 3.05) is 0 Å². The van der Waals surface area contributed by atoms with Crippen LogP contribution in [-0.2, 0) is 0 Å². The van der Waals surface area contributed by atoms with E-state index in [1.165, 1.54) is 12.1 Å². The van der Waals surface area contributed by atoms with Crippen LogP contribution in [0.4, 0.5) is 5.69 Å². The normalized spacial score (nSPS) is 9.31. The average molecular weight is 194 g/mol. The van der Waals surface area contributed by atoms with Crippen LogP contribution in [0.25, 0.3) is 0 Å². The van der Waals surface area contributed by atoms with E-state index in [0.29, 0.717) is 11.1 Å². The summed E-state index contributed by atoms with van der Waals surface area (Å²) in [5.74, 6) is 0. The van der Waals surface area contributed by atoms with E-state index in [4.69, 9.17) is 5.26 Å². The highest BCUT2D eigenvalue weighted by Crippen LogP contribution is 2.27. The second kappa shape index (κ2) is 3.46. The third-order valence-electron chi connectivity index (χ3n) is 1.59. The standard InChI is InChI=1S/C8H6N2O2S/c1-5-2-6(4-9)3-7(13)8(5)10(11)12/h2-3,13H,1H3. The Morgan fingerprint density at radius 2 is 2.23 bits per heavy atom. The fourth-order valence-corrected chi connectivity index (χ4v) is 1.46. The van der Waals surface area contributed by atoms with Crippen LogP contribution in [-0.4, -0.2) is 4.92 Å². The number of nitro benzene ring substituents is 1. The molecule has 0 N–H and O–H groups in total. The van der Waals surface area contributed by atoms with Crippen LogP contribution in [0.3, 0.4) is 0 Å². The maximum atomic E-state index is 10.5. The molecule has 0 aliphatic carbocycles. The van der Waals surface area contributed by atoms with Crippen molar-refractivity contribution in [3.8, 4) is 6.07 Å². The van der Waals surface area contributed by atoms with E-state index < -0.39 is 4.92 Å². The molecule has 0 aliphatic heterocycles. The SMILES string of the molecule is Cc1cc(C#N)cc(S)c1[N+](=O)[O-]. The maximum Gasteiger partial charge on any atom is 0.285 e. The van der Waals surface area contributed by atoms with Gasteiger partial charge in [0.1, 0.15) is 0 Å². The Bertz CT molecular complexity index is 386. The van der Waals surface area contributed by atoms with Gasteiger partial charge in [0.15, 0.2) is 0 Å². The molecule has 0 heterocycles.